The van der Waals surface area contributed by atoms with Gasteiger partial charge in [-0.25, -0.2) is 9.42 Å². The van der Waals surface area contributed by atoms with E-state index in [0.717, 1.165) is 30.8 Å². The van der Waals surface area contributed by atoms with Crippen molar-refractivity contribution in [3.8, 4) is 0 Å². The molecule has 0 radical (unpaired) electrons. The van der Waals surface area contributed by atoms with Gasteiger partial charge in [0, 0.05) is 12.7 Å². The number of likely N-dealkylation sites (tertiary alicyclic amines) is 1. The van der Waals surface area contributed by atoms with E-state index in [-0.39, 0.29) is 11.6 Å². The Morgan fingerprint density at radius 1 is 1.52 bits per heavy atom. The molecule has 7 heteroatoms. The fourth-order valence-corrected chi connectivity index (χ4v) is 2.82. The molecular weight excluding hydrogens is 272 g/mol. The van der Waals surface area contributed by atoms with Crippen molar-refractivity contribution >= 4 is 5.97 Å². The largest absolute Gasteiger partial charge is 0.478 e. The first-order valence-corrected chi connectivity index (χ1v) is 6.87. The third-order valence-corrected chi connectivity index (χ3v) is 3.84. The van der Waals surface area contributed by atoms with Crippen LogP contribution in [0.4, 0.5) is 0 Å². The Morgan fingerprint density at radius 3 is 3.10 bits per heavy atom. The van der Waals surface area contributed by atoms with Crippen molar-refractivity contribution in [2.24, 2.45) is 0 Å². The van der Waals surface area contributed by atoms with Gasteiger partial charge < -0.3 is 5.11 Å². The molecule has 0 aliphatic carbocycles. The normalized spacial score (nSPS) is 19.0. The maximum atomic E-state index is 11.3. The van der Waals surface area contributed by atoms with E-state index in [9.17, 15) is 9.90 Å². The molecule has 1 N–H and O–H groups in total. The first kappa shape index (κ1) is 13.7. The van der Waals surface area contributed by atoms with E-state index in [1.54, 1.807) is 18.3 Å². The van der Waals surface area contributed by atoms with Crippen molar-refractivity contribution in [1.29, 1.82) is 0 Å². The smallest absolute Gasteiger partial charge is 0.337 e. The summed E-state index contributed by atoms with van der Waals surface area (Å²) >= 11 is 0. The lowest BCUT2D eigenvalue weighted by atomic mass is 10.1. The molecule has 2 aromatic rings. The van der Waals surface area contributed by atoms with Gasteiger partial charge in [0.05, 0.1) is 17.3 Å². The highest BCUT2D eigenvalue weighted by Crippen LogP contribution is 2.33. The van der Waals surface area contributed by atoms with Gasteiger partial charge in [0.25, 0.3) is 0 Å². The Kier molecular flexibility index (Phi) is 3.66. The zero-order valence-corrected chi connectivity index (χ0v) is 11.7. The van der Waals surface area contributed by atoms with Gasteiger partial charge in [-0.1, -0.05) is 10.3 Å². The summed E-state index contributed by atoms with van der Waals surface area (Å²) in [5.41, 5.74) is 2.44. The van der Waals surface area contributed by atoms with Gasteiger partial charge in [-0.15, -0.1) is 0 Å². The SMILES string of the molecule is Cc1nonc1[C@@H]1CCCN1Cc1ncccc1C(=O)O. The average Bonchev–Trinajstić information content (AvgIpc) is 3.08. The van der Waals surface area contributed by atoms with Crippen LogP contribution in [0.3, 0.4) is 0 Å². The number of hydrogen-bond donors (Lipinski definition) is 1. The van der Waals surface area contributed by atoms with Crippen molar-refractivity contribution in [3.63, 3.8) is 0 Å². The number of rotatable bonds is 4. The maximum absolute atomic E-state index is 11.3. The molecule has 1 fully saturated rings. The van der Waals surface area contributed by atoms with Gasteiger partial charge in [-0.05, 0) is 38.4 Å². The van der Waals surface area contributed by atoms with Crippen LogP contribution in [0.1, 0.15) is 46.3 Å². The van der Waals surface area contributed by atoms with Crippen LogP contribution in [-0.2, 0) is 6.54 Å². The number of pyridine rings is 1. The van der Waals surface area contributed by atoms with Crippen molar-refractivity contribution in [2.45, 2.75) is 32.4 Å². The number of carbonyl (C=O) groups is 1. The number of aromatic carboxylic acids is 1. The number of aromatic nitrogens is 3. The number of aryl methyl sites for hydroxylation is 1. The summed E-state index contributed by atoms with van der Waals surface area (Å²) in [5, 5.41) is 17.0. The van der Waals surface area contributed by atoms with Gasteiger partial charge in [0.15, 0.2) is 0 Å². The second-order valence-electron chi connectivity index (χ2n) is 5.17. The third kappa shape index (κ3) is 2.64. The Hall–Kier alpha value is -2.28. The molecule has 1 atom stereocenters. The van der Waals surface area contributed by atoms with Crippen LogP contribution in [0.15, 0.2) is 23.0 Å². The molecule has 1 aliphatic heterocycles. The lowest BCUT2D eigenvalue weighted by Gasteiger charge is -2.22. The van der Waals surface area contributed by atoms with E-state index < -0.39 is 5.97 Å². The summed E-state index contributed by atoms with van der Waals surface area (Å²) in [4.78, 5) is 17.7. The molecule has 3 rings (SSSR count). The lowest BCUT2D eigenvalue weighted by molar-refractivity contribution is 0.0693. The van der Waals surface area contributed by atoms with E-state index >= 15 is 0 Å². The molecule has 110 valence electrons. The Bertz CT molecular complexity index is 655. The van der Waals surface area contributed by atoms with Crippen LogP contribution >= 0.6 is 0 Å². The topological polar surface area (TPSA) is 92.4 Å². The lowest BCUT2D eigenvalue weighted by Crippen LogP contribution is -2.25. The maximum Gasteiger partial charge on any atom is 0.337 e. The summed E-state index contributed by atoms with van der Waals surface area (Å²) in [5.74, 6) is -0.951. The molecule has 1 saturated heterocycles. The Morgan fingerprint density at radius 2 is 2.38 bits per heavy atom. The van der Waals surface area contributed by atoms with Crippen molar-refractivity contribution in [3.05, 3.63) is 41.0 Å². The molecule has 0 unspecified atom stereocenters. The van der Waals surface area contributed by atoms with Gasteiger partial charge in [-0.2, -0.15) is 0 Å². The highest BCUT2D eigenvalue weighted by Gasteiger charge is 2.31. The van der Waals surface area contributed by atoms with Crippen LogP contribution in [0.5, 0.6) is 0 Å². The molecule has 1 aliphatic rings. The molecule has 0 bridgehead atoms. The highest BCUT2D eigenvalue weighted by molar-refractivity contribution is 5.88. The number of nitrogens with zero attached hydrogens (tertiary/aromatic N) is 4. The second kappa shape index (κ2) is 5.61. The Labute approximate surface area is 121 Å². The van der Waals surface area contributed by atoms with Gasteiger partial charge in [0.1, 0.15) is 11.4 Å². The summed E-state index contributed by atoms with van der Waals surface area (Å²) in [6, 6.07) is 3.33. The molecule has 7 nitrogen and oxygen atoms in total. The quantitative estimate of drug-likeness (QED) is 0.917. The number of carboxylic acid groups (broad SMARTS) is 1. The van der Waals surface area contributed by atoms with Gasteiger partial charge >= 0.3 is 5.97 Å². The highest BCUT2D eigenvalue weighted by atomic mass is 16.6. The third-order valence-electron chi connectivity index (χ3n) is 3.84. The standard InChI is InChI=1S/C14H16N4O3/c1-9-13(17-21-16-9)12-5-3-7-18(12)8-11-10(14(19)20)4-2-6-15-11/h2,4,6,12H,3,5,7-8H2,1H3,(H,19,20)/t12-/m0/s1. The van der Waals surface area contributed by atoms with Crippen LogP contribution in [0, 0.1) is 6.92 Å². The zero-order valence-electron chi connectivity index (χ0n) is 11.7. The number of hydrogen-bond acceptors (Lipinski definition) is 6. The fourth-order valence-electron chi connectivity index (χ4n) is 2.82. The van der Waals surface area contributed by atoms with E-state index in [1.165, 1.54) is 0 Å². The minimum Gasteiger partial charge on any atom is -0.478 e. The predicted octanol–water partition coefficient (Wildman–Crippen LogP) is 1.81. The molecule has 0 spiro atoms. The van der Waals surface area contributed by atoms with Crippen molar-refractivity contribution in [1.82, 2.24) is 20.2 Å². The summed E-state index contributed by atoms with van der Waals surface area (Å²) in [6.45, 7) is 3.23. The summed E-state index contributed by atoms with van der Waals surface area (Å²) < 4.78 is 4.78. The van der Waals surface area contributed by atoms with Crippen LogP contribution < -0.4 is 0 Å². The van der Waals surface area contributed by atoms with Crippen LogP contribution in [-0.4, -0.2) is 37.8 Å². The van der Waals surface area contributed by atoms with Crippen molar-refractivity contribution < 1.29 is 14.5 Å². The van der Waals surface area contributed by atoms with E-state index in [1.807, 2.05) is 6.92 Å². The molecule has 2 aromatic heterocycles. The summed E-state index contributed by atoms with van der Waals surface area (Å²) in [7, 11) is 0. The molecule has 21 heavy (non-hydrogen) atoms. The first-order valence-electron chi connectivity index (χ1n) is 6.87. The monoisotopic (exact) mass is 288 g/mol. The average molecular weight is 288 g/mol. The summed E-state index contributed by atoms with van der Waals surface area (Å²) in [6.07, 6.45) is 3.62. The second-order valence-corrected chi connectivity index (χ2v) is 5.17. The zero-order chi connectivity index (χ0) is 14.8. The fraction of sp³-hybridized carbons (Fsp3) is 0.429. The van der Waals surface area contributed by atoms with E-state index in [2.05, 4.69) is 20.2 Å². The Balaban J connectivity index is 1.84. The van der Waals surface area contributed by atoms with E-state index in [4.69, 9.17) is 4.63 Å². The minimum absolute atomic E-state index is 0.111. The molecule has 0 aromatic carbocycles. The number of carboxylic acids is 1. The molecular formula is C14H16N4O3. The first-order chi connectivity index (χ1) is 10.2. The van der Waals surface area contributed by atoms with Crippen LogP contribution in [0.2, 0.25) is 0 Å². The van der Waals surface area contributed by atoms with Crippen LogP contribution in [0.25, 0.3) is 0 Å². The van der Waals surface area contributed by atoms with E-state index in [0.29, 0.717) is 12.2 Å². The van der Waals surface area contributed by atoms with Crippen molar-refractivity contribution in [2.75, 3.05) is 6.54 Å². The molecule has 0 amide bonds. The molecule has 0 saturated carbocycles. The van der Waals surface area contributed by atoms with Gasteiger partial charge in [-0.3, -0.25) is 9.88 Å². The minimum atomic E-state index is -0.951. The predicted molar refractivity (Wildman–Crippen MR) is 72.6 cm³/mol. The molecule has 3 heterocycles. The van der Waals surface area contributed by atoms with Gasteiger partial charge in [0.2, 0.25) is 0 Å².